The van der Waals surface area contributed by atoms with Crippen molar-refractivity contribution in [2.75, 3.05) is 26.4 Å². The normalized spacial score (nSPS) is 8.95. The monoisotopic (exact) mass is 312 g/mol. The molecule has 128 valence electrons. The molecule has 0 aliphatic heterocycles. The number of hydrogen-bond donors (Lipinski definition) is 6. The average molecular weight is 312 g/mol. The topological polar surface area (TPSA) is 156 Å². The quantitative estimate of drug-likeness (QED) is 0.304. The molecule has 0 aliphatic rings. The summed E-state index contributed by atoms with van der Waals surface area (Å²) in [6, 6.07) is 0. The largest absolute Gasteiger partial charge is 0.481 e. The Hall–Kier alpha value is -1.22. The highest BCUT2D eigenvalue weighted by Gasteiger charge is 1.98. The van der Waals surface area contributed by atoms with Crippen molar-refractivity contribution in [3.05, 3.63) is 0 Å². The maximum atomic E-state index is 10.1. The molecule has 0 bridgehead atoms. The summed E-state index contributed by atoms with van der Waals surface area (Å²) in [5.74, 6) is -1.52. The summed E-state index contributed by atoms with van der Waals surface area (Å²) in [5, 5.41) is 47.1. The van der Waals surface area contributed by atoms with Crippen LogP contribution in [-0.2, 0) is 9.59 Å². The number of carboxylic acids is 2. The molecule has 0 aromatic heterocycles. The Bertz CT molecular complexity index is 194. The number of hydrogen-bond acceptors (Lipinski definition) is 6. The van der Waals surface area contributed by atoms with Crippen LogP contribution >= 0.6 is 0 Å². The van der Waals surface area contributed by atoms with E-state index in [1.165, 1.54) is 0 Å². The van der Waals surface area contributed by atoms with Crippen molar-refractivity contribution < 1.29 is 40.2 Å². The molecule has 0 spiro atoms. The minimum Gasteiger partial charge on any atom is -0.481 e. The van der Waals surface area contributed by atoms with Crippen LogP contribution < -0.4 is 0 Å². The van der Waals surface area contributed by atoms with Gasteiger partial charge in [-0.2, -0.15) is 0 Å². The van der Waals surface area contributed by atoms with E-state index in [0.29, 0.717) is 12.8 Å². The number of carboxylic acid groups (broad SMARTS) is 2. The molecule has 0 aliphatic carbocycles. The highest BCUT2D eigenvalue weighted by atomic mass is 16.4. The maximum Gasteiger partial charge on any atom is 0.303 e. The lowest BCUT2D eigenvalue weighted by Crippen LogP contribution is -1.95. The predicted molar refractivity (Wildman–Crippen MR) is 75.9 cm³/mol. The second-order valence-corrected chi connectivity index (χ2v) is 3.95. The molecule has 0 saturated carbocycles. The molecular formula is C13H28O8. The number of unbranched alkanes of at least 4 members (excludes halogenated alkanes) is 4. The van der Waals surface area contributed by atoms with Gasteiger partial charge in [0.15, 0.2) is 0 Å². The van der Waals surface area contributed by atoms with E-state index < -0.39 is 11.9 Å². The summed E-state index contributed by atoms with van der Waals surface area (Å²) in [5.41, 5.74) is 0. The third-order valence-corrected chi connectivity index (χ3v) is 1.98. The maximum absolute atomic E-state index is 10.1. The molecule has 0 fully saturated rings. The first-order chi connectivity index (χ1) is 9.95. The van der Waals surface area contributed by atoms with E-state index >= 15 is 0 Å². The third-order valence-electron chi connectivity index (χ3n) is 1.98. The fourth-order valence-corrected chi connectivity index (χ4v) is 1.08. The molecule has 21 heavy (non-hydrogen) atoms. The molecular weight excluding hydrogens is 284 g/mol. The summed E-state index contributed by atoms with van der Waals surface area (Å²) < 4.78 is 0. The SMILES string of the molecule is O=C(O)CCCCCCCC(=O)O.OCCO.OCCO. The molecule has 0 unspecified atom stereocenters. The van der Waals surface area contributed by atoms with Gasteiger partial charge in [0, 0.05) is 12.8 Å². The second-order valence-electron chi connectivity index (χ2n) is 3.95. The van der Waals surface area contributed by atoms with Gasteiger partial charge in [0.05, 0.1) is 26.4 Å². The summed E-state index contributed by atoms with van der Waals surface area (Å²) in [6.07, 6.45) is 4.53. The lowest BCUT2D eigenvalue weighted by Gasteiger charge is -1.97. The van der Waals surface area contributed by atoms with Gasteiger partial charge < -0.3 is 30.6 Å². The highest BCUT2D eigenvalue weighted by Crippen LogP contribution is 2.06. The smallest absolute Gasteiger partial charge is 0.303 e. The number of aliphatic carboxylic acids is 2. The molecule has 0 aromatic carbocycles. The van der Waals surface area contributed by atoms with Gasteiger partial charge in [-0.15, -0.1) is 0 Å². The fourth-order valence-electron chi connectivity index (χ4n) is 1.08. The zero-order chi connectivity index (χ0) is 16.9. The molecule has 0 amide bonds. The molecule has 0 saturated heterocycles. The van der Waals surface area contributed by atoms with Crippen molar-refractivity contribution in [3.8, 4) is 0 Å². The van der Waals surface area contributed by atoms with E-state index in [-0.39, 0.29) is 39.3 Å². The number of aliphatic hydroxyl groups excluding tert-OH is 4. The zero-order valence-corrected chi connectivity index (χ0v) is 12.3. The van der Waals surface area contributed by atoms with Gasteiger partial charge in [-0.3, -0.25) is 9.59 Å². The van der Waals surface area contributed by atoms with E-state index in [9.17, 15) is 9.59 Å². The Morgan fingerprint density at radius 3 is 0.952 bits per heavy atom. The summed E-state index contributed by atoms with van der Waals surface area (Å²) in [7, 11) is 0. The van der Waals surface area contributed by atoms with Crippen LogP contribution in [0.3, 0.4) is 0 Å². The molecule has 0 radical (unpaired) electrons. The number of carbonyl (C=O) groups is 2. The van der Waals surface area contributed by atoms with E-state index in [4.69, 9.17) is 30.6 Å². The van der Waals surface area contributed by atoms with Gasteiger partial charge in [-0.1, -0.05) is 19.3 Å². The second kappa shape index (κ2) is 23.8. The first kappa shape index (κ1) is 24.8. The van der Waals surface area contributed by atoms with E-state index in [1.54, 1.807) is 0 Å². The Labute approximate surface area is 124 Å². The van der Waals surface area contributed by atoms with Crippen LogP contribution in [0.4, 0.5) is 0 Å². The van der Waals surface area contributed by atoms with Gasteiger partial charge in [0.25, 0.3) is 0 Å². The molecule has 0 heterocycles. The molecule has 0 atom stereocenters. The van der Waals surface area contributed by atoms with Crippen molar-refractivity contribution in [1.29, 1.82) is 0 Å². The lowest BCUT2D eigenvalue weighted by molar-refractivity contribution is -0.138. The van der Waals surface area contributed by atoms with Crippen LogP contribution in [0.5, 0.6) is 0 Å². The molecule has 8 nitrogen and oxygen atoms in total. The first-order valence-electron chi connectivity index (χ1n) is 6.83. The van der Waals surface area contributed by atoms with Gasteiger partial charge >= 0.3 is 11.9 Å². The number of aliphatic hydroxyl groups is 4. The minimum atomic E-state index is -0.759. The van der Waals surface area contributed by atoms with Crippen LogP contribution in [-0.4, -0.2) is 69.0 Å². The Kier molecular flexibility index (Phi) is 28.1. The molecule has 6 N–H and O–H groups in total. The van der Waals surface area contributed by atoms with Gasteiger partial charge in [0.2, 0.25) is 0 Å². The first-order valence-corrected chi connectivity index (χ1v) is 6.83. The summed E-state index contributed by atoms with van der Waals surface area (Å²) in [4.78, 5) is 20.2. The molecule has 8 heteroatoms. The van der Waals surface area contributed by atoms with Gasteiger partial charge in [-0.05, 0) is 12.8 Å². The minimum absolute atomic E-state index is 0.125. The lowest BCUT2D eigenvalue weighted by atomic mass is 10.1. The Balaban J connectivity index is -0.000000334. The summed E-state index contributed by atoms with van der Waals surface area (Å²) in [6.45, 7) is -0.500. The standard InChI is InChI=1S/C9H16O4.2C2H6O2/c10-8(11)6-4-2-1-3-5-7-9(12)13;2*3-1-2-4/h1-7H2,(H,10,11)(H,12,13);2*3-4H,1-2H2. The average Bonchev–Trinajstić information content (AvgIpc) is 2.46. The van der Waals surface area contributed by atoms with Crippen LogP contribution in [0.2, 0.25) is 0 Å². The van der Waals surface area contributed by atoms with Crippen molar-refractivity contribution in [1.82, 2.24) is 0 Å². The van der Waals surface area contributed by atoms with E-state index in [2.05, 4.69) is 0 Å². The summed E-state index contributed by atoms with van der Waals surface area (Å²) >= 11 is 0. The zero-order valence-electron chi connectivity index (χ0n) is 12.3. The predicted octanol–water partition coefficient (Wildman–Crippen LogP) is -0.172. The van der Waals surface area contributed by atoms with Crippen LogP contribution in [0.1, 0.15) is 44.9 Å². The third kappa shape index (κ3) is 45.5. The fraction of sp³-hybridized carbons (Fsp3) is 0.846. The van der Waals surface area contributed by atoms with E-state index in [0.717, 1.165) is 19.3 Å². The molecule has 0 aromatic rings. The van der Waals surface area contributed by atoms with Gasteiger partial charge in [0.1, 0.15) is 0 Å². The molecule has 0 rings (SSSR count). The van der Waals surface area contributed by atoms with Gasteiger partial charge in [-0.25, -0.2) is 0 Å². The van der Waals surface area contributed by atoms with E-state index in [1.807, 2.05) is 0 Å². The highest BCUT2D eigenvalue weighted by molar-refractivity contribution is 5.66. The van der Waals surface area contributed by atoms with Crippen molar-refractivity contribution in [2.24, 2.45) is 0 Å². The van der Waals surface area contributed by atoms with Crippen LogP contribution in [0.25, 0.3) is 0 Å². The Morgan fingerprint density at radius 2 is 0.762 bits per heavy atom. The van der Waals surface area contributed by atoms with Crippen LogP contribution in [0.15, 0.2) is 0 Å². The van der Waals surface area contributed by atoms with Crippen molar-refractivity contribution >= 4 is 11.9 Å². The van der Waals surface area contributed by atoms with Crippen LogP contribution in [0, 0.1) is 0 Å². The van der Waals surface area contributed by atoms with Crippen molar-refractivity contribution in [2.45, 2.75) is 44.9 Å². The van der Waals surface area contributed by atoms with Crippen molar-refractivity contribution in [3.63, 3.8) is 0 Å². The number of rotatable bonds is 10. The Morgan fingerprint density at radius 1 is 0.524 bits per heavy atom.